The quantitative estimate of drug-likeness (QED) is 0.688. The lowest BCUT2D eigenvalue weighted by molar-refractivity contribution is -0.191. The van der Waals surface area contributed by atoms with Crippen LogP contribution in [0, 0.1) is 5.92 Å². The van der Waals surface area contributed by atoms with Crippen molar-refractivity contribution in [3.63, 3.8) is 0 Å². The van der Waals surface area contributed by atoms with Crippen LogP contribution in [0.4, 0.5) is 5.69 Å². The fraction of sp³-hybridized carbons (Fsp3) is 0.364. The van der Waals surface area contributed by atoms with E-state index in [9.17, 15) is 4.79 Å². The Morgan fingerprint density at radius 3 is 1.85 bits per heavy atom. The predicted octanol–water partition coefficient (Wildman–Crippen LogP) is 4.09. The Balaban J connectivity index is 0.00000114. The number of para-hydroxylation sites is 1. The predicted molar refractivity (Wildman–Crippen MR) is 104 cm³/mol. The summed E-state index contributed by atoms with van der Waals surface area (Å²) in [4.78, 5) is 31.1. The molecule has 1 unspecified atom stereocenters. The van der Waals surface area contributed by atoms with Crippen LogP contribution in [0.3, 0.4) is 0 Å². The zero-order chi connectivity index (χ0) is 20.2. The molecule has 0 N–H and O–H groups in total. The molecule has 5 nitrogen and oxygen atoms in total. The second-order valence-corrected chi connectivity index (χ2v) is 6.71. The standard InChI is InChI=1S/C21H27NO2.CO2/c1-16(2)20(21(23)24-17(3)4)22(19-13-9-6-10-14-19)15-18-11-7-5-8-12-18;2-1-3/h5-14,16-17,20H,15H2,1-4H3;. The molecule has 0 aromatic heterocycles. The minimum Gasteiger partial charge on any atom is -0.461 e. The van der Waals surface area contributed by atoms with Crippen LogP contribution in [-0.4, -0.2) is 24.3 Å². The van der Waals surface area contributed by atoms with Gasteiger partial charge in [-0.3, -0.25) is 0 Å². The maximum absolute atomic E-state index is 12.7. The first-order valence-electron chi connectivity index (χ1n) is 8.96. The van der Waals surface area contributed by atoms with Gasteiger partial charge < -0.3 is 9.64 Å². The highest BCUT2D eigenvalue weighted by molar-refractivity contribution is 5.80. The van der Waals surface area contributed by atoms with Crippen LogP contribution in [0.5, 0.6) is 0 Å². The van der Waals surface area contributed by atoms with Gasteiger partial charge in [0.05, 0.1) is 6.10 Å². The van der Waals surface area contributed by atoms with Crippen molar-refractivity contribution in [1.82, 2.24) is 0 Å². The molecule has 0 aliphatic rings. The minimum absolute atomic E-state index is 0.118. The SMILES string of the molecule is CC(C)OC(=O)C(C(C)C)N(Cc1ccccc1)c1ccccc1.O=C=O. The highest BCUT2D eigenvalue weighted by Gasteiger charge is 2.31. The highest BCUT2D eigenvalue weighted by atomic mass is 16.5. The first kappa shape index (κ1) is 22.1. The Hall–Kier alpha value is -2.91. The summed E-state index contributed by atoms with van der Waals surface area (Å²) in [6.07, 6.45) is 0.132. The van der Waals surface area contributed by atoms with Gasteiger partial charge in [-0.1, -0.05) is 62.4 Å². The summed E-state index contributed by atoms with van der Waals surface area (Å²) in [5.41, 5.74) is 2.20. The van der Waals surface area contributed by atoms with Crippen molar-refractivity contribution in [2.24, 2.45) is 5.92 Å². The van der Waals surface area contributed by atoms with Gasteiger partial charge >= 0.3 is 12.1 Å². The van der Waals surface area contributed by atoms with Gasteiger partial charge in [-0.2, -0.15) is 9.59 Å². The van der Waals surface area contributed by atoms with Crippen LogP contribution in [0.15, 0.2) is 60.7 Å². The Morgan fingerprint density at radius 1 is 0.926 bits per heavy atom. The number of nitrogens with zero attached hydrogens (tertiary/aromatic N) is 1. The lowest BCUT2D eigenvalue weighted by Gasteiger charge is -2.35. The summed E-state index contributed by atoms with van der Waals surface area (Å²) in [6, 6.07) is 20.0. The summed E-state index contributed by atoms with van der Waals surface area (Å²) >= 11 is 0. The molecule has 0 aliphatic carbocycles. The number of anilines is 1. The number of carbonyl (C=O) groups is 1. The average Bonchev–Trinajstić information content (AvgIpc) is 2.62. The van der Waals surface area contributed by atoms with E-state index in [2.05, 4.69) is 30.9 Å². The number of carbonyl (C=O) groups excluding carboxylic acids is 3. The molecule has 0 fully saturated rings. The van der Waals surface area contributed by atoms with Crippen LogP contribution in [0.2, 0.25) is 0 Å². The van der Waals surface area contributed by atoms with Gasteiger partial charge in [-0.05, 0) is 37.5 Å². The zero-order valence-electron chi connectivity index (χ0n) is 16.3. The Bertz CT molecular complexity index is 708. The second kappa shape index (κ2) is 11.7. The lowest BCUT2D eigenvalue weighted by atomic mass is 10.0. The molecule has 2 aromatic rings. The molecule has 27 heavy (non-hydrogen) atoms. The van der Waals surface area contributed by atoms with E-state index in [1.807, 2.05) is 62.4 Å². The Kier molecular flexibility index (Phi) is 9.55. The molecule has 0 heterocycles. The summed E-state index contributed by atoms with van der Waals surface area (Å²) in [7, 11) is 0. The van der Waals surface area contributed by atoms with Gasteiger partial charge in [0.25, 0.3) is 0 Å². The van der Waals surface area contributed by atoms with E-state index in [0.717, 1.165) is 5.69 Å². The number of ether oxygens (including phenoxy) is 1. The smallest absolute Gasteiger partial charge is 0.373 e. The molecule has 0 spiro atoms. The van der Waals surface area contributed by atoms with Crippen LogP contribution >= 0.6 is 0 Å². The number of rotatable bonds is 7. The summed E-state index contributed by atoms with van der Waals surface area (Å²) in [5.74, 6) is -0.0278. The molecule has 144 valence electrons. The van der Waals surface area contributed by atoms with Crippen LogP contribution < -0.4 is 4.90 Å². The molecule has 0 radical (unpaired) electrons. The largest absolute Gasteiger partial charge is 0.461 e. The topological polar surface area (TPSA) is 63.7 Å². The van der Waals surface area contributed by atoms with Crippen LogP contribution in [0.25, 0.3) is 0 Å². The minimum atomic E-state index is -0.324. The molecule has 0 saturated carbocycles. The number of hydrogen-bond donors (Lipinski definition) is 0. The van der Waals surface area contributed by atoms with Gasteiger partial charge in [0, 0.05) is 12.2 Å². The normalized spacial score (nSPS) is 11.2. The molecule has 1 atom stereocenters. The third kappa shape index (κ3) is 7.47. The number of benzene rings is 2. The third-order valence-electron chi connectivity index (χ3n) is 3.84. The average molecular weight is 369 g/mol. The summed E-state index contributed by atoms with van der Waals surface area (Å²) in [6.45, 7) is 8.57. The molecule has 0 amide bonds. The molecule has 0 saturated heterocycles. The first-order chi connectivity index (χ1) is 12.9. The lowest BCUT2D eigenvalue weighted by Crippen LogP contribution is -2.46. The maximum atomic E-state index is 12.7. The van der Waals surface area contributed by atoms with E-state index in [1.165, 1.54) is 5.56 Å². The van der Waals surface area contributed by atoms with Gasteiger partial charge in [0.2, 0.25) is 0 Å². The summed E-state index contributed by atoms with van der Waals surface area (Å²) in [5, 5.41) is 0. The van der Waals surface area contributed by atoms with Gasteiger partial charge in [-0.15, -0.1) is 0 Å². The molecule has 2 rings (SSSR count). The van der Waals surface area contributed by atoms with Crippen molar-refractivity contribution in [3.05, 3.63) is 66.2 Å². The Morgan fingerprint density at radius 2 is 1.41 bits per heavy atom. The summed E-state index contributed by atoms with van der Waals surface area (Å²) < 4.78 is 5.53. The first-order valence-corrected chi connectivity index (χ1v) is 8.96. The maximum Gasteiger partial charge on any atom is 0.373 e. The van der Waals surface area contributed by atoms with E-state index in [0.29, 0.717) is 6.54 Å². The van der Waals surface area contributed by atoms with Crippen molar-refractivity contribution in [2.45, 2.75) is 46.4 Å². The van der Waals surface area contributed by atoms with E-state index in [4.69, 9.17) is 14.3 Å². The zero-order valence-corrected chi connectivity index (χ0v) is 16.3. The number of esters is 1. The molecule has 5 heteroatoms. The van der Waals surface area contributed by atoms with Crippen molar-refractivity contribution >= 4 is 17.8 Å². The van der Waals surface area contributed by atoms with E-state index < -0.39 is 0 Å². The van der Waals surface area contributed by atoms with Gasteiger partial charge in [0.1, 0.15) is 6.04 Å². The molecular weight excluding hydrogens is 342 g/mol. The molecule has 0 aliphatic heterocycles. The van der Waals surface area contributed by atoms with Crippen molar-refractivity contribution < 1.29 is 19.1 Å². The molecule has 0 bridgehead atoms. The molecule has 2 aromatic carbocycles. The van der Waals surface area contributed by atoms with Crippen molar-refractivity contribution in [2.75, 3.05) is 4.90 Å². The fourth-order valence-corrected chi connectivity index (χ4v) is 2.81. The monoisotopic (exact) mass is 369 g/mol. The molecular formula is C22H27NO4. The van der Waals surface area contributed by atoms with Crippen molar-refractivity contribution in [3.8, 4) is 0 Å². The Labute approximate surface area is 161 Å². The van der Waals surface area contributed by atoms with Crippen molar-refractivity contribution in [1.29, 1.82) is 0 Å². The van der Waals surface area contributed by atoms with E-state index in [1.54, 1.807) is 0 Å². The number of hydrogen-bond acceptors (Lipinski definition) is 5. The van der Waals surface area contributed by atoms with E-state index in [-0.39, 0.29) is 30.2 Å². The second-order valence-electron chi connectivity index (χ2n) is 6.71. The third-order valence-corrected chi connectivity index (χ3v) is 3.84. The van der Waals surface area contributed by atoms with Crippen LogP contribution in [-0.2, 0) is 25.7 Å². The fourth-order valence-electron chi connectivity index (χ4n) is 2.81. The van der Waals surface area contributed by atoms with Crippen LogP contribution in [0.1, 0.15) is 33.3 Å². The van der Waals surface area contributed by atoms with Gasteiger partial charge in [0.15, 0.2) is 0 Å². The van der Waals surface area contributed by atoms with Gasteiger partial charge in [-0.25, -0.2) is 4.79 Å². The highest BCUT2D eigenvalue weighted by Crippen LogP contribution is 2.25. The van der Waals surface area contributed by atoms with E-state index >= 15 is 0 Å².